The van der Waals surface area contributed by atoms with E-state index in [-0.39, 0.29) is 5.97 Å². The minimum absolute atomic E-state index is 0.352. The summed E-state index contributed by atoms with van der Waals surface area (Å²) in [6, 6.07) is -0.544. The van der Waals surface area contributed by atoms with Crippen molar-refractivity contribution < 1.29 is 9.53 Å². The zero-order valence-corrected chi connectivity index (χ0v) is 11.6. The van der Waals surface area contributed by atoms with E-state index >= 15 is 0 Å². The van der Waals surface area contributed by atoms with Gasteiger partial charge >= 0.3 is 5.97 Å². The molecule has 96 valence electrons. The molecule has 1 rings (SSSR count). The third kappa shape index (κ3) is 4.59. The third-order valence-electron chi connectivity index (χ3n) is 2.09. The third-order valence-corrected chi connectivity index (χ3v) is 3.27. The molecule has 1 heterocycles. The standard InChI is InChI=1S/C10H16ClN3O2S/c1-14(2)5-4-12-8(10(15)16-3)9-13-6-7(11)17-9/h6,8,12H,4-5H2,1-3H3. The van der Waals surface area contributed by atoms with Gasteiger partial charge in [-0.1, -0.05) is 11.6 Å². The van der Waals surface area contributed by atoms with E-state index in [1.807, 2.05) is 19.0 Å². The molecule has 0 spiro atoms. The Kier molecular flexibility index (Phi) is 5.84. The Labute approximate surface area is 110 Å². The van der Waals surface area contributed by atoms with Gasteiger partial charge in [-0.25, -0.2) is 9.78 Å². The second-order valence-corrected chi connectivity index (χ2v) is 5.41. The molecule has 0 radical (unpaired) electrons. The maximum absolute atomic E-state index is 11.6. The lowest BCUT2D eigenvalue weighted by atomic mass is 10.3. The fourth-order valence-electron chi connectivity index (χ4n) is 1.22. The number of rotatable bonds is 6. The first-order valence-electron chi connectivity index (χ1n) is 5.11. The van der Waals surface area contributed by atoms with Crippen molar-refractivity contribution in [1.82, 2.24) is 15.2 Å². The van der Waals surface area contributed by atoms with E-state index in [1.165, 1.54) is 24.6 Å². The molecule has 1 aromatic heterocycles. The summed E-state index contributed by atoms with van der Waals surface area (Å²) in [5, 5.41) is 3.73. The number of methoxy groups -OCH3 is 1. The summed E-state index contributed by atoms with van der Waals surface area (Å²) in [5.74, 6) is -0.352. The highest BCUT2D eigenvalue weighted by atomic mass is 35.5. The number of thiazole rings is 1. The van der Waals surface area contributed by atoms with Crippen molar-refractivity contribution >= 4 is 28.9 Å². The smallest absolute Gasteiger partial charge is 0.330 e. The van der Waals surface area contributed by atoms with Gasteiger partial charge in [0.15, 0.2) is 6.04 Å². The Balaban J connectivity index is 2.64. The van der Waals surface area contributed by atoms with Crippen LogP contribution in [0.3, 0.4) is 0 Å². The molecule has 7 heteroatoms. The SMILES string of the molecule is COC(=O)C(NCCN(C)C)c1ncc(Cl)s1. The van der Waals surface area contributed by atoms with E-state index in [9.17, 15) is 4.79 Å². The van der Waals surface area contributed by atoms with Gasteiger partial charge in [0, 0.05) is 13.1 Å². The van der Waals surface area contributed by atoms with E-state index in [1.54, 1.807) is 0 Å². The van der Waals surface area contributed by atoms with Gasteiger partial charge in [0.25, 0.3) is 0 Å². The summed E-state index contributed by atoms with van der Waals surface area (Å²) >= 11 is 7.08. The first kappa shape index (κ1) is 14.4. The predicted molar refractivity (Wildman–Crippen MR) is 68.4 cm³/mol. The number of ether oxygens (including phenoxy) is 1. The van der Waals surface area contributed by atoms with Gasteiger partial charge in [0.2, 0.25) is 0 Å². The quantitative estimate of drug-likeness (QED) is 0.791. The van der Waals surface area contributed by atoms with Gasteiger partial charge in [-0.05, 0) is 14.1 Å². The van der Waals surface area contributed by atoms with Crippen molar-refractivity contribution in [2.75, 3.05) is 34.3 Å². The molecule has 1 unspecified atom stereocenters. The number of nitrogens with zero attached hydrogens (tertiary/aromatic N) is 2. The van der Waals surface area contributed by atoms with Crippen LogP contribution >= 0.6 is 22.9 Å². The second kappa shape index (κ2) is 6.90. The van der Waals surface area contributed by atoms with Crippen LogP contribution in [0.5, 0.6) is 0 Å². The van der Waals surface area contributed by atoms with Gasteiger partial charge in [-0.15, -0.1) is 11.3 Å². The van der Waals surface area contributed by atoms with Gasteiger partial charge in [-0.2, -0.15) is 0 Å². The molecule has 0 saturated carbocycles. The lowest BCUT2D eigenvalue weighted by molar-refractivity contribution is -0.143. The van der Waals surface area contributed by atoms with Crippen molar-refractivity contribution in [3.63, 3.8) is 0 Å². The molecule has 1 atom stereocenters. The summed E-state index contributed by atoms with van der Waals surface area (Å²) in [7, 11) is 5.29. The van der Waals surface area contributed by atoms with Crippen LogP contribution in [-0.2, 0) is 9.53 Å². The lowest BCUT2D eigenvalue weighted by Gasteiger charge is -2.16. The number of hydrogen-bond donors (Lipinski definition) is 1. The van der Waals surface area contributed by atoms with Gasteiger partial charge in [0.1, 0.15) is 9.34 Å². The van der Waals surface area contributed by atoms with Crippen molar-refractivity contribution in [2.24, 2.45) is 0 Å². The number of hydrogen-bond acceptors (Lipinski definition) is 6. The van der Waals surface area contributed by atoms with E-state index < -0.39 is 6.04 Å². The van der Waals surface area contributed by atoms with Crippen LogP contribution in [0.15, 0.2) is 6.20 Å². The van der Waals surface area contributed by atoms with E-state index in [2.05, 4.69) is 10.3 Å². The molecule has 0 amide bonds. The Bertz CT molecular complexity index is 370. The van der Waals surface area contributed by atoms with Gasteiger partial charge < -0.3 is 9.64 Å². The number of aromatic nitrogens is 1. The van der Waals surface area contributed by atoms with Gasteiger partial charge in [-0.3, -0.25) is 5.32 Å². The average molecular weight is 278 g/mol. The Morgan fingerprint density at radius 1 is 1.71 bits per heavy atom. The largest absolute Gasteiger partial charge is 0.468 e. The molecule has 0 aliphatic rings. The lowest BCUT2D eigenvalue weighted by Crippen LogP contribution is -2.34. The van der Waals surface area contributed by atoms with Crippen molar-refractivity contribution in [1.29, 1.82) is 0 Å². The molecular formula is C10H16ClN3O2S. The zero-order valence-electron chi connectivity index (χ0n) is 10.1. The molecule has 0 aliphatic heterocycles. The molecule has 1 aromatic rings. The van der Waals surface area contributed by atoms with Crippen LogP contribution in [0.25, 0.3) is 0 Å². The van der Waals surface area contributed by atoms with Crippen LogP contribution in [0, 0.1) is 0 Å². The number of halogens is 1. The normalized spacial score (nSPS) is 12.8. The van der Waals surface area contributed by atoms with Crippen LogP contribution in [0.1, 0.15) is 11.0 Å². The maximum Gasteiger partial charge on any atom is 0.330 e. The molecule has 17 heavy (non-hydrogen) atoms. The van der Waals surface area contributed by atoms with Crippen LogP contribution < -0.4 is 5.32 Å². The molecule has 0 aromatic carbocycles. The molecule has 0 aliphatic carbocycles. The molecule has 0 fully saturated rings. The Morgan fingerprint density at radius 3 is 2.88 bits per heavy atom. The highest BCUT2D eigenvalue weighted by Gasteiger charge is 2.23. The highest BCUT2D eigenvalue weighted by molar-refractivity contribution is 7.16. The van der Waals surface area contributed by atoms with E-state index in [0.717, 1.165) is 6.54 Å². The second-order valence-electron chi connectivity index (χ2n) is 3.72. The summed E-state index contributed by atoms with van der Waals surface area (Å²) in [5.41, 5.74) is 0. The predicted octanol–water partition coefficient (Wildman–Crippen LogP) is 1.16. The fraction of sp³-hybridized carbons (Fsp3) is 0.600. The summed E-state index contributed by atoms with van der Waals surface area (Å²) in [4.78, 5) is 17.7. The number of carbonyl (C=O) groups excluding carboxylic acids is 1. The maximum atomic E-state index is 11.6. The van der Waals surface area contributed by atoms with Crippen molar-refractivity contribution in [2.45, 2.75) is 6.04 Å². The summed E-state index contributed by atoms with van der Waals surface area (Å²) in [6.45, 7) is 1.50. The summed E-state index contributed by atoms with van der Waals surface area (Å²) < 4.78 is 5.30. The number of carbonyl (C=O) groups is 1. The molecule has 1 N–H and O–H groups in total. The monoisotopic (exact) mass is 277 g/mol. The molecular weight excluding hydrogens is 262 g/mol. The molecule has 0 saturated heterocycles. The van der Waals surface area contributed by atoms with Gasteiger partial charge in [0.05, 0.1) is 13.3 Å². The topological polar surface area (TPSA) is 54.5 Å². The Hall–Kier alpha value is -0.690. The molecule has 0 bridgehead atoms. The zero-order chi connectivity index (χ0) is 12.8. The van der Waals surface area contributed by atoms with Crippen molar-refractivity contribution in [3.05, 3.63) is 15.5 Å². The number of nitrogens with one attached hydrogen (secondary N) is 1. The van der Waals surface area contributed by atoms with E-state index in [0.29, 0.717) is 15.9 Å². The van der Waals surface area contributed by atoms with Crippen LogP contribution in [-0.4, -0.2) is 50.1 Å². The fourth-order valence-corrected chi connectivity index (χ4v) is 2.22. The average Bonchev–Trinajstić information content (AvgIpc) is 2.69. The van der Waals surface area contributed by atoms with Crippen LogP contribution in [0.4, 0.5) is 0 Å². The van der Waals surface area contributed by atoms with Crippen LogP contribution in [0.2, 0.25) is 4.34 Å². The first-order valence-corrected chi connectivity index (χ1v) is 6.31. The van der Waals surface area contributed by atoms with Crippen molar-refractivity contribution in [3.8, 4) is 0 Å². The first-order chi connectivity index (χ1) is 8.04. The Morgan fingerprint density at radius 2 is 2.41 bits per heavy atom. The number of esters is 1. The number of likely N-dealkylation sites (N-methyl/N-ethyl adjacent to an activating group) is 1. The van der Waals surface area contributed by atoms with E-state index in [4.69, 9.17) is 16.3 Å². The minimum atomic E-state index is -0.544. The minimum Gasteiger partial charge on any atom is -0.468 e. The molecule has 5 nitrogen and oxygen atoms in total. The highest BCUT2D eigenvalue weighted by Crippen LogP contribution is 2.24. The summed E-state index contributed by atoms with van der Waals surface area (Å²) in [6.07, 6.45) is 1.53.